The van der Waals surface area contributed by atoms with Crippen LogP contribution in [0.2, 0.25) is 0 Å². The Bertz CT molecular complexity index is 1570. The van der Waals surface area contributed by atoms with Crippen LogP contribution in [0, 0.1) is 11.6 Å². The predicted octanol–water partition coefficient (Wildman–Crippen LogP) is 5.61. The van der Waals surface area contributed by atoms with Crippen molar-refractivity contribution in [2.75, 3.05) is 13.2 Å². The average molecular weight is 575 g/mol. The zero-order valence-corrected chi connectivity index (χ0v) is 23.4. The molecule has 1 heterocycles. The van der Waals surface area contributed by atoms with E-state index in [0.717, 1.165) is 23.3 Å². The first-order chi connectivity index (χ1) is 20.2. The van der Waals surface area contributed by atoms with Gasteiger partial charge in [-0.2, -0.15) is 0 Å². The van der Waals surface area contributed by atoms with Crippen LogP contribution in [-0.4, -0.2) is 30.6 Å². The number of hydrogen-bond donors (Lipinski definition) is 2. The van der Waals surface area contributed by atoms with Crippen LogP contribution in [0.1, 0.15) is 40.9 Å². The molecule has 9 heteroatoms. The van der Waals surface area contributed by atoms with Crippen molar-refractivity contribution in [3.8, 4) is 5.75 Å². The number of para-hydroxylation sites is 1. The van der Waals surface area contributed by atoms with Gasteiger partial charge in [-0.1, -0.05) is 49.1 Å². The molecular weight excluding hydrogens is 542 g/mol. The van der Waals surface area contributed by atoms with Gasteiger partial charge in [-0.3, -0.25) is 9.59 Å². The van der Waals surface area contributed by atoms with Crippen LogP contribution in [0.15, 0.2) is 97.0 Å². The lowest BCUT2D eigenvalue weighted by Crippen LogP contribution is -2.31. The summed E-state index contributed by atoms with van der Waals surface area (Å²) in [6, 6.07) is 17.4. The van der Waals surface area contributed by atoms with Gasteiger partial charge in [0.1, 0.15) is 23.1 Å². The van der Waals surface area contributed by atoms with Gasteiger partial charge >= 0.3 is 5.97 Å². The Labute approximate surface area is 243 Å². The average Bonchev–Trinajstić information content (AvgIpc) is 3.29. The van der Waals surface area contributed by atoms with E-state index in [4.69, 9.17) is 19.9 Å². The Morgan fingerprint density at radius 3 is 2.60 bits per heavy atom. The van der Waals surface area contributed by atoms with E-state index in [1.807, 2.05) is 24.3 Å². The van der Waals surface area contributed by atoms with Crippen molar-refractivity contribution in [2.45, 2.75) is 32.4 Å². The number of allylic oxidation sites excluding steroid dienone is 2. The maximum Gasteiger partial charge on any atom is 0.310 e. The Balaban J connectivity index is 1.71. The molecule has 0 saturated heterocycles. The highest BCUT2D eigenvalue weighted by Crippen LogP contribution is 2.41. The normalized spacial score (nSPS) is 17.1. The molecule has 0 spiro atoms. The summed E-state index contributed by atoms with van der Waals surface area (Å²) in [5, 5.41) is 2.61. The van der Waals surface area contributed by atoms with E-state index in [9.17, 15) is 18.4 Å². The third-order valence-corrected chi connectivity index (χ3v) is 6.58. The van der Waals surface area contributed by atoms with Gasteiger partial charge in [0.25, 0.3) is 5.91 Å². The van der Waals surface area contributed by atoms with Crippen molar-refractivity contribution in [3.05, 3.63) is 131 Å². The second kappa shape index (κ2) is 13.3. The first-order valence-electron chi connectivity index (χ1n) is 13.4. The summed E-state index contributed by atoms with van der Waals surface area (Å²) in [5.41, 5.74) is 7.27. The summed E-state index contributed by atoms with van der Waals surface area (Å²) < 4.78 is 45.5. The highest BCUT2D eigenvalue weighted by molar-refractivity contribution is 5.94. The Kier molecular flexibility index (Phi) is 9.54. The minimum absolute atomic E-state index is 0.00270. The minimum Gasteiger partial charge on any atom is -0.475 e. The van der Waals surface area contributed by atoms with Gasteiger partial charge in [0, 0.05) is 29.8 Å². The van der Waals surface area contributed by atoms with Crippen LogP contribution >= 0.6 is 0 Å². The Morgan fingerprint density at radius 1 is 1.10 bits per heavy atom. The molecule has 0 bridgehead atoms. The number of rotatable bonds is 11. The molecule has 0 aromatic heterocycles. The summed E-state index contributed by atoms with van der Waals surface area (Å²) in [5.74, 6) is -1.76. The van der Waals surface area contributed by atoms with E-state index in [0.29, 0.717) is 41.0 Å². The van der Waals surface area contributed by atoms with Crippen molar-refractivity contribution >= 4 is 17.4 Å². The molecule has 0 aliphatic carbocycles. The number of carbonyl (C=O) groups excluding carboxylic acids is 2. The van der Waals surface area contributed by atoms with Crippen LogP contribution < -0.4 is 15.8 Å². The molecule has 3 N–H and O–H groups in total. The molecule has 0 radical (unpaired) electrons. The molecule has 1 unspecified atom stereocenters. The molecule has 3 aromatic carbocycles. The van der Waals surface area contributed by atoms with Gasteiger partial charge in [0.2, 0.25) is 0 Å². The number of ether oxygens (including phenoxy) is 3. The van der Waals surface area contributed by atoms with Crippen LogP contribution in [0.25, 0.3) is 5.57 Å². The topological polar surface area (TPSA) is 99.9 Å². The summed E-state index contributed by atoms with van der Waals surface area (Å²) in [4.78, 5) is 25.0. The van der Waals surface area contributed by atoms with E-state index in [1.165, 1.54) is 0 Å². The number of hydrogen-bond acceptors (Lipinski definition) is 6. The molecule has 0 saturated carbocycles. The quantitative estimate of drug-likeness (QED) is 0.289. The van der Waals surface area contributed by atoms with Crippen molar-refractivity contribution in [3.63, 3.8) is 0 Å². The number of amides is 1. The molecule has 1 atom stereocenters. The maximum absolute atomic E-state index is 14.2. The molecule has 1 aliphatic rings. The van der Waals surface area contributed by atoms with Crippen molar-refractivity contribution in [1.29, 1.82) is 0 Å². The fourth-order valence-corrected chi connectivity index (χ4v) is 4.61. The van der Waals surface area contributed by atoms with E-state index < -0.39 is 29.1 Å². The van der Waals surface area contributed by atoms with Crippen molar-refractivity contribution < 1.29 is 32.6 Å². The van der Waals surface area contributed by atoms with Crippen LogP contribution in [-0.2, 0) is 27.2 Å². The third-order valence-electron chi connectivity index (χ3n) is 6.58. The lowest BCUT2D eigenvalue weighted by molar-refractivity contribution is -0.142. The van der Waals surface area contributed by atoms with E-state index in [1.54, 1.807) is 50.3 Å². The van der Waals surface area contributed by atoms with Crippen LogP contribution in [0.3, 0.4) is 0 Å². The van der Waals surface area contributed by atoms with Crippen molar-refractivity contribution in [2.24, 2.45) is 5.73 Å². The zero-order valence-electron chi connectivity index (χ0n) is 23.4. The third kappa shape index (κ3) is 6.92. The molecule has 7 nitrogen and oxygen atoms in total. The lowest BCUT2D eigenvalue weighted by Gasteiger charge is -2.27. The zero-order chi connectivity index (χ0) is 30.3. The molecule has 0 fully saturated rings. The molecule has 42 heavy (non-hydrogen) atoms. The molecule has 3 aromatic rings. The minimum atomic E-state index is -1.21. The maximum atomic E-state index is 14.2. The largest absolute Gasteiger partial charge is 0.475 e. The van der Waals surface area contributed by atoms with Crippen LogP contribution in [0.4, 0.5) is 8.78 Å². The number of carbonyl (C=O) groups is 2. The lowest BCUT2D eigenvalue weighted by atomic mass is 9.94. The highest BCUT2D eigenvalue weighted by atomic mass is 19.1. The molecule has 1 amide bonds. The summed E-state index contributed by atoms with van der Waals surface area (Å²) in [6.45, 7) is 7.99. The number of benzene rings is 3. The summed E-state index contributed by atoms with van der Waals surface area (Å²) in [7, 11) is 0. The number of esters is 1. The van der Waals surface area contributed by atoms with Gasteiger partial charge in [-0.05, 0) is 49.2 Å². The Morgan fingerprint density at radius 2 is 1.88 bits per heavy atom. The second-order valence-corrected chi connectivity index (χ2v) is 9.67. The monoisotopic (exact) mass is 574 g/mol. The first-order valence-corrected chi connectivity index (χ1v) is 13.4. The van der Waals surface area contributed by atoms with E-state index in [2.05, 4.69) is 11.9 Å². The number of nitrogens with two attached hydrogens (primary N) is 1. The predicted molar refractivity (Wildman–Crippen MR) is 155 cm³/mol. The highest BCUT2D eigenvalue weighted by Gasteiger charge is 2.41. The van der Waals surface area contributed by atoms with E-state index >= 15 is 0 Å². The van der Waals surface area contributed by atoms with Gasteiger partial charge in [-0.15, -0.1) is 0 Å². The van der Waals surface area contributed by atoms with Crippen molar-refractivity contribution in [1.82, 2.24) is 5.32 Å². The molecular formula is C33H32F2N2O5. The van der Waals surface area contributed by atoms with Gasteiger partial charge in [0.05, 0.1) is 25.1 Å². The number of halogens is 2. The van der Waals surface area contributed by atoms with Gasteiger partial charge in [0.15, 0.2) is 11.4 Å². The molecule has 1 aliphatic heterocycles. The van der Waals surface area contributed by atoms with Gasteiger partial charge < -0.3 is 25.3 Å². The second-order valence-electron chi connectivity index (χ2n) is 9.67. The van der Waals surface area contributed by atoms with E-state index in [-0.39, 0.29) is 25.1 Å². The smallest absolute Gasteiger partial charge is 0.310 e. The fraction of sp³-hybridized carbons (Fsp3) is 0.212. The molecule has 4 rings (SSSR count). The fourth-order valence-electron chi connectivity index (χ4n) is 4.61. The Hall–Kier alpha value is -4.76. The standard InChI is InChI=1S/C33H32F2N2O5/c1-4-26(22-11-8-9-21(15-22)19-36)31-33(3,42-29-12-7-6-10-23(29)16-30(38)40-5-2)18-25(41-31)20-37-32(39)27-14-13-24(34)17-28(27)35/h4,6-15,17-18H,1,5,16,19-20,36H2,2-3H3,(H,37,39)/b31-26-. The molecule has 218 valence electrons. The summed E-state index contributed by atoms with van der Waals surface area (Å²) in [6.07, 6.45) is 3.34. The first kappa shape index (κ1) is 30.2. The SMILES string of the molecule is C=C/C(=C1/OC(CNC(=O)c2ccc(F)cc2F)=CC1(C)Oc1ccccc1CC(=O)OCC)c1cccc(CN)c1. The van der Waals surface area contributed by atoms with Gasteiger partial charge in [-0.25, -0.2) is 8.78 Å². The van der Waals surface area contributed by atoms with Crippen LogP contribution in [0.5, 0.6) is 5.75 Å². The number of nitrogens with one attached hydrogen (secondary N) is 1. The summed E-state index contributed by atoms with van der Waals surface area (Å²) >= 11 is 0.